The van der Waals surface area contributed by atoms with Crippen LogP contribution in [-0.4, -0.2) is 25.0 Å². The van der Waals surface area contributed by atoms with Crippen LogP contribution in [0, 0.1) is 0 Å². The summed E-state index contributed by atoms with van der Waals surface area (Å²) in [4.78, 5) is 10.8. The van der Waals surface area contributed by atoms with E-state index in [2.05, 4.69) is 5.32 Å². The topological polar surface area (TPSA) is 81.1 Å². The Morgan fingerprint density at radius 3 is 2.70 bits per heavy atom. The molecular formula is C6H15N3O. The van der Waals surface area contributed by atoms with Crippen molar-refractivity contribution in [1.29, 1.82) is 0 Å². The minimum atomic E-state index is -0.549. The van der Waals surface area contributed by atoms with Gasteiger partial charge in [0.15, 0.2) is 0 Å². The fourth-order valence-electron chi connectivity index (χ4n) is 0.486. The van der Waals surface area contributed by atoms with Crippen LogP contribution in [-0.2, 0) is 4.79 Å². The van der Waals surface area contributed by atoms with Crippen molar-refractivity contribution in [3.05, 3.63) is 0 Å². The van der Waals surface area contributed by atoms with Gasteiger partial charge in [-0.2, -0.15) is 0 Å². The number of hydrogen-bond acceptors (Lipinski definition) is 3. The lowest BCUT2D eigenvalue weighted by Gasteiger charge is -2.07. The first-order chi connectivity index (χ1) is 4.72. The Bertz CT molecular complexity index is 105. The Morgan fingerprint density at radius 2 is 2.30 bits per heavy atom. The third kappa shape index (κ3) is 3.42. The molecule has 0 bridgehead atoms. The maximum absolute atomic E-state index is 10.8. The minimum Gasteiger partial charge on any atom is -0.355 e. The molecule has 5 N–H and O–H groups in total. The van der Waals surface area contributed by atoms with Gasteiger partial charge in [0.05, 0.1) is 6.04 Å². The molecule has 0 rings (SSSR count). The number of nitrogens with two attached hydrogens (primary N) is 2. The van der Waals surface area contributed by atoms with Crippen LogP contribution in [0.4, 0.5) is 0 Å². The van der Waals surface area contributed by atoms with E-state index in [0.717, 1.165) is 6.42 Å². The van der Waals surface area contributed by atoms with Crippen molar-refractivity contribution in [2.24, 2.45) is 11.5 Å². The average Bonchev–Trinajstić information content (AvgIpc) is 1.98. The average molecular weight is 145 g/mol. The van der Waals surface area contributed by atoms with Gasteiger partial charge in [0.2, 0.25) is 5.91 Å². The third-order valence-corrected chi connectivity index (χ3v) is 1.14. The van der Waals surface area contributed by atoms with Gasteiger partial charge in [0, 0.05) is 13.1 Å². The molecule has 0 aromatic carbocycles. The first-order valence-electron chi connectivity index (χ1n) is 3.45. The number of carbonyl (C=O) groups is 1. The molecule has 0 aromatic rings. The van der Waals surface area contributed by atoms with Crippen molar-refractivity contribution in [2.45, 2.75) is 19.4 Å². The van der Waals surface area contributed by atoms with E-state index in [1.54, 1.807) is 0 Å². The zero-order chi connectivity index (χ0) is 7.98. The van der Waals surface area contributed by atoms with E-state index in [1.165, 1.54) is 0 Å². The molecule has 0 heterocycles. The summed E-state index contributed by atoms with van der Waals surface area (Å²) in [6, 6.07) is -0.549. The van der Waals surface area contributed by atoms with Crippen LogP contribution in [0.1, 0.15) is 13.3 Å². The van der Waals surface area contributed by atoms with E-state index in [-0.39, 0.29) is 12.5 Å². The van der Waals surface area contributed by atoms with Crippen molar-refractivity contribution in [1.82, 2.24) is 5.32 Å². The molecule has 0 saturated carbocycles. The van der Waals surface area contributed by atoms with Crippen LogP contribution in [0.3, 0.4) is 0 Å². The number of nitrogens with one attached hydrogen (secondary N) is 1. The second-order valence-electron chi connectivity index (χ2n) is 2.13. The highest BCUT2D eigenvalue weighted by atomic mass is 16.2. The first kappa shape index (κ1) is 9.39. The van der Waals surface area contributed by atoms with Crippen LogP contribution in [0.2, 0.25) is 0 Å². The van der Waals surface area contributed by atoms with Crippen LogP contribution < -0.4 is 16.8 Å². The summed E-state index contributed by atoms with van der Waals surface area (Å²) in [5, 5.41) is 2.64. The monoisotopic (exact) mass is 145 g/mol. The van der Waals surface area contributed by atoms with Gasteiger partial charge in [0.25, 0.3) is 0 Å². The van der Waals surface area contributed by atoms with Gasteiger partial charge in [-0.1, -0.05) is 6.92 Å². The largest absolute Gasteiger partial charge is 0.355 e. The summed E-state index contributed by atoms with van der Waals surface area (Å²) >= 11 is 0. The lowest BCUT2D eigenvalue weighted by atomic mass is 10.3. The molecule has 0 spiro atoms. The molecule has 1 atom stereocenters. The molecule has 1 amide bonds. The molecular weight excluding hydrogens is 130 g/mol. The zero-order valence-electron chi connectivity index (χ0n) is 6.26. The second-order valence-corrected chi connectivity index (χ2v) is 2.13. The maximum atomic E-state index is 10.8. The Hall–Kier alpha value is -0.610. The number of amides is 1. The summed E-state index contributed by atoms with van der Waals surface area (Å²) in [5.41, 5.74) is 10.5. The van der Waals surface area contributed by atoms with E-state index < -0.39 is 6.04 Å². The highest BCUT2D eigenvalue weighted by Crippen LogP contribution is 1.75. The van der Waals surface area contributed by atoms with Crippen molar-refractivity contribution in [3.63, 3.8) is 0 Å². The number of rotatable bonds is 4. The summed E-state index contributed by atoms with van der Waals surface area (Å²) in [6.45, 7) is 2.86. The number of hydrogen-bond donors (Lipinski definition) is 3. The van der Waals surface area contributed by atoms with E-state index in [4.69, 9.17) is 11.5 Å². The minimum absolute atomic E-state index is 0.163. The standard InChI is InChI=1S/C6H15N3O/c1-2-3-9-6(10)5(8)4-7/h5H,2-4,7-8H2,1H3,(H,9,10). The summed E-state index contributed by atoms with van der Waals surface area (Å²) in [7, 11) is 0. The summed E-state index contributed by atoms with van der Waals surface area (Å²) in [6.07, 6.45) is 0.920. The SMILES string of the molecule is CCCNC(=O)C(N)CN. The van der Waals surface area contributed by atoms with Crippen LogP contribution in [0.15, 0.2) is 0 Å². The molecule has 0 aromatic heterocycles. The molecule has 1 unspecified atom stereocenters. The van der Waals surface area contributed by atoms with Crippen molar-refractivity contribution in [2.75, 3.05) is 13.1 Å². The van der Waals surface area contributed by atoms with Crippen molar-refractivity contribution < 1.29 is 4.79 Å². The Balaban J connectivity index is 3.42. The fraction of sp³-hybridized carbons (Fsp3) is 0.833. The highest BCUT2D eigenvalue weighted by Gasteiger charge is 2.08. The molecule has 0 aliphatic heterocycles. The van der Waals surface area contributed by atoms with Crippen LogP contribution in [0.25, 0.3) is 0 Å². The molecule has 60 valence electrons. The molecule has 4 heteroatoms. The fourth-order valence-corrected chi connectivity index (χ4v) is 0.486. The molecule has 0 aliphatic rings. The summed E-state index contributed by atoms with van der Waals surface area (Å²) < 4.78 is 0. The Labute approximate surface area is 61.0 Å². The van der Waals surface area contributed by atoms with Gasteiger partial charge in [0.1, 0.15) is 0 Å². The lowest BCUT2D eigenvalue weighted by molar-refractivity contribution is -0.122. The van der Waals surface area contributed by atoms with Crippen molar-refractivity contribution >= 4 is 5.91 Å². The van der Waals surface area contributed by atoms with E-state index in [0.29, 0.717) is 6.54 Å². The first-order valence-corrected chi connectivity index (χ1v) is 3.45. The predicted octanol–water partition coefficient (Wildman–Crippen LogP) is -1.20. The molecule has 0 saturated heterocycles. The third-order valence-electron chi connectivity index (χ3n) is 1.14. The van der Waals surface area contributed by atoms with Gasteiger partial charge < -0.3 is 16.8 Å². The van der Waals surface area contributed by atoms with E-state index >= 15 is 0 Å². The Kier molecular flexibility index (Phi) is 4.88. The molecule has 4 nitrogen and oxygen atoms in total. The van der Waals surface area contributed by atoms with Crippen LogP contribution in [0.5, 0.6) is 0 Å². The Morgan fingerprint density at radius 1 is 1.70 bits per heavy atom. The quantitative estimate of drug-likeness (QED) is 0.464. The molecule has 10 heavy (non-hydrogen) atoms. The normalized spacial score (nSPS) is 12.7. The lowest BCUT2D eigenvalue weighted by Crippen LogP contribution is -2.45. The van der Waals surface area contributed by atoms with E-state index in [9.17, 15) is 4.79 Å². The zero-order valence-corrected chi connectivity index (χ0v) is 6.26. The van der Waals surface area contributed by atoms with Gasteiger partial charge in [-0.15, -0.1) is 0 Å². The predicted molar refractivity (Wildman–Crippen MR) is 40.3 cm³/mol. The van der Waals surface area contributed by atoms with Gasteiger partial charge >= 0.3 is 0 Å². The van der Waals surface area contributed by atoms with Crippen LogP contribution >= 0.6 is 0 Å². The smallest absolute Gasteiger partial charge is 0.238 e. The van der Waals surface area contributed by atoms with Gasteiger partial charge in [-0.05, 0) is 6.42 Å². The summed E-state index contributed by atoms with van der Waals surface area (Å²) in [5.74, 6) is -0.163. The van der Waals surface area contributed by atoms with E-state index in [1.807, 2.05) is 6.92 Å². The molecule has 0 aliphatic carbocycles. The van der Waals surface area contributed by atoms with Crippen molar-refractivity contribution in [3.8, 4) is 0 Å². The second kappa shape index (κ2) is 5.20. The maximum Gasteiger partial charge on any atom is 0.238 e. The van der Waals surface area contributed by atoms with Gasteiger partial charge in [-0.3, -0.25) is 4.79 Å². The molecule has 0 fully saturated rings. The highest BCUT2D eigenvalue weighted by molar-refractivity contribution is 5.81. The number of carbonyl (C=O) groups excluding carboxylic acids is 1. The molecule has 0 radical (unpaired) electrons. The van der Waals surface area contributed by atoms with Gasteiger partial charge in [-0.25, -0.2) is 0 Å².